The van der Waals surface area contributed by atoms with Gasteiger partial charge in [0.1, 0.15) is 6.04 Å². The molecule has 1 aromatic rings. The van der Waals surface area contributed by atoms with Gasteiger partial charge in [0.2, 0.25) is 5.91 Å². The standard InChI is InChI=1S/C16H19NO3/c1-2-20-16(19)15-13(9-14(18)17-15)12-5-3-4-11(8-12)10-6-7-10/h3-5,8,10,13,15H,2,6-7,9H2,1H3,(H,17,18). The second-order valence-corrected chi connectivity index (χ2v) is 5.55. The average molecular weight is 273 g/mol. The zero-order valence-electron chi connectivity index (χ0n) is 11.6. The molecule has 2 atom stereocenters. The van der Waals surface area contributed by atoms with Crippen LogP contribution in [0, 0.1) is 0 Å². The SMILES string of the molecule is CCOC(=O)C1NC(=O)CC1c1cccc(C2CC2)c1. The highest BCUT2D eigenvalue weighted by Crippen LogP contribution is 2.41. The highest BCUT2D eigenvalue weighted by Gasteiger charge is 2.39. The maximum absolute atomic E-state index is 12.0. The Labute approximate surface area is 118 Å². The molecule has 0 aromatic heterocycles. The molecule has 3 rings (SSSR count). The van der Waals surface area contributed by atoms with Crippen LogP contribution in [0.25, 0.3) is 0 Å². The number of benzene rings is 1. The highest BCUT2D eigenvalue weighted by atomic mass is 16.5. The fourth-order valence-electron chi connectivity index (χ4n) is 2.88. The smallest absolute Gasteiger partial charge is 0.329 e. The summed E-state index contributed by atoms with van der Waals surface area (Å²) < 4.78 is 5.06. The van der Waals surface area contributed by atoms with Crippen LogP contribution >= 0.6 is 0 Å². The maximum Gasteiger partial charge on any atom is 0.329 e. The number of hydrogen-bond donors (Lipinski definition) is 1. The Kier molecular flexibility index (Phi) is 3.47. The van der Waals surface area contributed by atoms with E-state index in [1.165, 1.54) is 18.4 Å². The topological polar surface area (TPSA) is 55.4 Å². The number of carbonyl (C=O) groups is 2. The Morgan fingerprint density at radius 1 is 1.35 bits per heavy atom. The number of rotatable bonds is 4. The van der Waals surface area contributed by atoms with Gasteiger partial charge in [-0.05, 0) is 36.8 Å². The Balaban J connectivity index is 1.84. The van der Waals surface area contributed by atoms with E-state index >= 15 is 0 Å². The minimum absolute atomic E-state index is 0.0788. The molecule has 0 bridgehead atoms. The lowest BCUT2D eigenvalue weighted by Gasteiger charge is -2.18. The first-order valence-corrected chi connectivity index (χ1v) is 7.25. The van der Waals surface area contributed by atoms with E-state index in [0.717, 1.165) is 5.56 Å². The van der Waals surface area contributed by atoms with E-state index in [-0.39, 0.29) is 17.8 Å². The van der Waals surface area contributed by atoms with Gasteiger partial charge in [0, 0.05) is 12.3 Å². The van der Waals surface area contributed by atoms with Crippen LogP contribution in [-0.4, -0.2) is 24.5 Å². The molecule has 1 aliphatic heterocycles. The van der Waals surface area contributed by atoms with Crippen molar-refractivity contribution in [1.82, 2.24) is 5.32 Å². The summed E-state index contributed by atoms with van der Waals surface area (Å²) in [6, 6.07) is 7.76. The molecule has 20 heavy (non-hydrogen) atoms. The number of nitrogens with one attached hydrogen (secondary N) is 1. The summed E-state index contributed by atoms with van der Waals surface area (Å²) in [5.41, 5.74) is 2.38. The zero-order valence-corrected chi connectivity index (χ0v) is 11.6. The zero-order chi connectivity index (χ0) is 14.1. The lowest BCUT2D eigenvalue weighted by molar-refractivity contribution is -0.146. The molecule has 2 aliphatic rings. The normalized spacial score (nSPS) is 25.4. The summed E-state index contributed by atoms with van der Waals surface area (Å²) in [5.74, 6) is 0.145. The Morgan fingerprint density at radius 2 is 2.10 bits per heavy atom. The van der Waals surface area contributed by atoms with Gasteiger partial charge in [-0.1, -0.05) is 24.3 Å². The first-order valence-electron chi connectivity index (χ1n) is 7.25. The molecule has 0 radical (unpaired) electrons. The fraction of sp³-hybridized carbons (Fsp3) is 0.500. The van der Waals surface area contributed by atoms with Crippen LogP contribution < -0.4 is 5.32 Å². The van der Waals surface area contributed by atoms with Crippen LogP contribution in [0.5, 0.6) is 0 Å². The summed E-state index contributed by atoms with van der Waals surface area (Å²) in [4.78, 5) is 23.6. The van der Waals surface area contributed by atoms with Gasteiger partial charge in [0.25, 0.3) is 0 Å². The molecule has 4 heteroatoms. The van der Waals surface area contributed by atoms with Crippen LogP contribution in [0.15, 0.2) is 24.3 Å². The van der Waals surface area contributed by atoms with E-state index in [1.807, 2.05) is 12.1 Å². The van der Waals surface area contributed by atoms with Crippen molar-refractivity contribution in [2.45, 2.75) is 44.1 Å². The molecule has 2 unspecified atom stereocenters. The van der Waals surface area contributed by atoms with Crippen molar-refractivity contribution in [2.24, 2.45) is 0 Å². The van der Waals surface area contributed by atoms with Crippen molar-refractivity contribution >= 4 is 11.9 Å². The minimum Gasteiger partial charge on any atom is -0.464 e. The van der Waals surface area contributed by atoms with E-state index in [2.05, 4.69) is 17.4 Å². The first-order chi connectivity index (χ1) is 9.69. The summed E-state index contributed by atoms with van der Waals surface area (Å²) in [6.45, 7) is 2.11. The molecule has 1 heterocycles. The molecule has 1 aliphatic carbocycles. The Hall–Kier alpha value is -1.84. The van der Waals surface area contributed by atoms with Crippen molar-refractivity contribution in [3.63, 3.8) is 0 Å². The second-order valence-electron chi connectivity index (χ2n) is 5.55. The predicted molar refractivity (Wildman–Crippen MR) is 74.3 cm³/mol. The van der Waals surface area contributed by atoms with Crippen molar-refractivity contribution in [3.05, 3.63) is 35.4 Å². The lowest BCUT2D eigenvalue weighted by Crippen LogP contribution is -2.37. The van der Waals surface area contributed by atoms with E-state index in [0.29, 0.717) is 18.9 Å². The van der Waals surface area contributed by atoms with Crippen LogP contribution in [0.3, 0.4) is 0 Å². The van der Waals surface area contributed by atoms with E-state index in [4.69, 9.17) is 4.74 Å². The highest BCUT2D eigenvalue weighted by molar-refractivity contribution is 5.90. The van der Waals surface area contributed by atoms with E-state index < -0.39 is 6.04 Å². The van der Waals surface area contributed by atoms with Gasteiger partial charge >= 0.3 is 5.97 Å². The molecule has 1 aromatic carbocycles. The number of carbonyl (C=O) groups excluding carboxylic acids is 2. The largest absolute Gasteiger partial charge is 0.464 e. The lowest BCUT2D eigenvalue weighted by atomic mass is 9.90. The first kappa shape index (κ1) is 13.2. The quantitative estimate of drug-likeness (QED) is 0.855. The monoisotopic (exact) mass is 273 g/mol. The van der Waals surface area contributed by atoms with Crippen LogP contribution in [0.2, 0.25) is 0 Å². The van der Waals surface area contributed by atoms with Crippen LogP contribution in [-0.2, 0) is 14.3 Å². The van der Waals surface area contributed by atoms with Gasteiger partial charge in [0.05, 0.1) is 6.61 Å². The van der Waals surface area contributed by atoms with Crippen LogP contribution in [0.1, 0.15) is 49.1 Å². The molecular weight excluding hydrogens is 254 g/mol. The fourth-order valence-corrected chi connectivity index (χ4v) is 2.88. The average Bonchev–Trinajstić information content (AvgIpc) is 3.22. The molecule has 106 valence electrons. The molecule has 1 saturated heterocycles. The van der Waals surface area contributed by atoms with E-state index in [1.54, 1.807) is 6.92 Å². The van der Waals surface area contributed by atoms with Gasteiger partial charge in [0.15, 0.2) is 0 Å². The molecule has 2 fully saturated rings. The van der Waals surface area contributed by atoms with E-state index in [9.17, 15) is 9.59 Å². The Bertz CT molecular complexity index is 536. The van der Waals surface area contributed by atoms with Crippen molar-refractivity contribution in [3.8, 4) is 0 Å². The van der Waals surface area contributed by atoms with Gasteiger partial charge in [-0.25, -0.2) is 4.79 Å². The third kappa shape index (κ3) is 2.55. The number of amides is 1. The van der Waals surface area contributed by atoms with Gasteiger partial charge < -0.3 is 10.1 Å². The molecule has 4 nitrogen and oxygen atoms in total. The van der Waals surface area contributed by atoms with Gasteiger partial charge in [-0.2, -0.15) is 0 Å². The molecule has 0 spiro atoms. The van der Waals surface area contributed by atoms with Crippen molar-refractivity contribution < 1.29 is 14.3 Å². The molecule has 1 saturated carbocycles. The summed E-state index contributed by atoms with van der Waals surface area (Å²) >= 11 is 0. The van der Waals surface area contributed by atoms with Crippen LogP contribution in [0.4, 0.5) is 0 Å². The summed E-state index contributed by atoms with van der Waals surface area (Å²) in [7, 11) is 0. The Morgan fingerprint density at radius 3 is 2.80 bits per heavy atom. The van der Waals surface area contributed by atoms with Gasteiger partial charge in [-0.3, -0.25) is 4.79 Å². The number of ether oxygens (including phenoxy) is 1. The molecule has 1 N–H and O–H groups in total. The molecular formula is C16H19NO3. The minimum atomic E-state index is -0.545. The second kappa shape index (κ2) is 5.27. The van der Waals surface area contributed by atoms with Crippen molar-refractivity contribution in [1.29, 1.82) is 0 Å². The predicted octanol–water partition coefficient (Wildman–Crippen LogP) is 2.10. The summed E-state index contributed by atoms with van der Waals surface area (Å²) in [6.07, 6.45) is 2.84. The third-order valence-electron chi connectivity index (χ3n) is 4.05. The van der Waals surface area contributed by atoms with Crippen molar-refractivity contribution in [2.75, 3.05) is 6.61 Å². The maximum atomic E-state index is 12.0. The van der Waals surface area contributed by atoms with Gasteiger partial charge in [-0.15, -0.1) is 0 Å². The number of esters is 1. The third-order valence-corrected chi connectivity index (χ3v) is 4.05. The summed E-state index contributed by atoms with van der Waals surface area (Å²) in [5, 5.41) is 2.74. The number of hydrogen-bond acceptors (Lipinski definition) is 3. The molecule has 1 amide bonds.